The van der Waals surface area contributed by atoms with Crippen LogP contribution in [0.1, 0.15) is 78.6 Å². The molecule has 1 aliphatic heterocycles. The molecule has 5 rings (SSSR count). The molecule has 162 valence electrons. The molecule has 8 atom stereocenters. The molecule has 4 aliphatic carbocycles. The van der Waals surface area contributed by atoms with Crippen LogP contribution < -0.4 is 5.32 Å². The number of carbonyl (C=O) groups excluding carboxylic acids is 1. The van der Waals surface area contributed by atoms with Crippen LogP contribution in [0.2, 0.25) is 0 Å². The first kappa shape index (κ1) is 20.0. The molecule has 1 heterocycles. The Hall–Kier alpha value is -0.940. The molecule has 0 aromatic rings. The van der Waals surface area contributed by atoms with Gasteiger partial charge < -0.3 is 15.3 Å². The minimum atomic E-state index is -0.696. The minimum Gasteiger partial charge on any atom is -0.391 e. The molecule has 0 unspecified atom stereocenters. The number of nitrogens with one attached hydrogen (secondary N) is 1. The summed E-state index contributed by atoms with van der Waals surface area (Å²) in [5.74, 6) is 2.55. The van der Waals surface area contributed by atoms with E-state index in [1.54, 1.807) is 0 Å². The van der Waals surface area contributed by atoms with Gasteiger partial charge in [-0.2, -0.15) is 0 Å². The quantitative estimate of drug-likeness (QED) is 0.691. The first-order valence-corrected chi connectivity index (χ1v) is 11.9. The van der Waals surface area contributed by atoms with E-state index in [0.717, 1.165) is 70.2 Å². The summed E-state index contributed by atoms with van der Waals surface area (Å²) < 4.78 is 0. The third-order valence-electron chi connectivity index (χ3n) is 10.0. The highest BCUT2D eigenvalue weighted by atomic mass is 16.6. The summed E-state index contributed by atoms with van der Waals surface area (Å²) >= 11 is 0. The van der Waals surface area contributed by atoms with Crippen LogP contribution in [-0.4, -0.2) is 41.4 Å². The smallest absolute Gasteiger partial charge is 0.141 e. The van der Waals surface area contributed by atoms with Crippen LogP contribution in [-0.2, 0) is 9.63 Å². The van der Waals surface area contributed by atoms with Gasteiger partial charge in [0.25, 0.3) is 0 Å². The first-order valence-electron chi connectivity index (χ1n) is 11.9. The average molecular weight is 403 g/mol. The van der Waals surface area contributed by atoms with E-state index in [2.05, 4.69) is 31.2 Å². The van der Waals surface area contributed by atoms with Crippen molar-refractivity contribution in [2.75, 3.05) is 13.1 Å². The molecule has 5 heteroatoms. The van der Waals surface area contributed by atoms with Gasteiger partial charge in [-0.05, 0) is 68.7 Å². The van der Waals surface area contributed by atoms with Gasteiger partial charge in [0.1, 0.15) is 11.9 Å². The van der Waals surface area contributed by atoms with Gasteiger partial charge in [-0.1, -0.05) is 25.9 Å². The molecule has 5 fully saturated rings. The van der Waals surface area contributed by atoms with Gasteiger partial charge in [-0.25, -0.2) is 0 Å². The van der Waals surface area contributed by atoms with Crippen molar-refractivity contribution in [3.63, 3.8) is 0 Å². The van der Waals surface area contributed by atoms with Gasteiger partial charge in [-0.3, -0.25) is 4.79 Å². The summed E-state index contributed by atoms with van der Waals surface area (Å²) in [6, 6.07) is 0. The minimum absolute atomic E-state index is 0.0783. The molecule has 29 heavy (non-hydrogen) atoms. The van der Waals surface area contributed by atoms with Crippen LogP contribution in [0.5, 0.6) is 0 Å². The van der Waals surface area contributed by atoms with E-state index < -0.39 is 5.60 Å². The Morgan fingerprint density at radius 1 is 1.14 bits per heavy atom. The topological polar surface area (TPSA) is 70.9 Å². The standard InChI is InChI=1S/C24H38N2O3/c1-15-12-24(28)13-16(26-29-17-8-11-25-14-17)6-10-23(24,3)19-7-9-22(2)18(21(15)19)4-5-20(22)27/h15,17-19,21,25,28H,4-14H2,1-3H3/b26-16-/t15-,17-,18+,19+,21+,22+,23-,24-/m1/s1. The Morgan fingerprint density at radius 3 is 2.72 bits per heavy atom. The normalized spacial score (nSPS) is 53.4. The molecule has 0 aromatic heterocycles. The van der Waals surface area contributed by atoms with Crippen molar-refractivity contribution in [3.05, 3.63) is 0 Å². The third-order valence-corrected chi connectivity index (χ3v) is 10.0. The number of fused-ring (bicyclic) bond motifs is 5. The molecule has 5 nitrogen and oxygen atoms in total. The van der Waals surface area contributed by atoms with Crippen molar-refractivity contribution in [3.8, 4) is 0 Å². The molecule has 0 bridgehead atoms. The van der Waals surface area contributed by atoms with Crippen LogP contribution in [0.15, 0.2) is 5.16 Å². The van der Waals surface area contributed by atoms with Gasteiger partial charge in [0.05, 0.1) is 11.3 Å². The lowest BCUT2D eigenvalue weighted by Gasteiger charge is -2.64. The summed E-state index contributed by atoms with van der Waals surface area (Å²) in [5.41, 5.74) is 0.161. The second-order valence-corrected chi connectivity index (χ2v) is 11.4. The summed E-state index contributed by atoms with van der Waals surface area (Å²) in [6.45, 7) is 8.78. The Bertz CT molecular complexity index is 717. The van der Waals surface area contributed by atoms with Crippen molar-refractivity contribution >= 4 is 11.5 Å². The number of Topliss-reactive ketones (excluding diaryl/α,β-unsaturated/α-hetero) is 1. The lowest BCUT2D eigenvalue weighted by atomic mass is 9.41. The lowest BCUT2D eigenvalue weighted by molar-refractivity contribution is -0.206. The molecular formula is C24H38N2O3. The number of oxime groups is 1. The predicted molar refractivity (Wildman–Crippen MR) is 113 cm³/mol. The van der Waals surface area contributed by atoms with Gasteiger partial charge in [0, 0.05) is 36.6 Å². The lowest BCUT2D eigenvalue weighted by Crippen LogP contribution is -2.64. The molecule has 1 saturated heterocycles. The van der Waals surface area contributed by atoms with Gasteiger partial charge in [0.2, 0.25) is 0 Å². The predicted octanol–water partition coefficient (Wildman–Crippen LogP) is 3.69. The van der Waals surface area contributed by atoms with Crippen LogP contribution in [0, 0.1) is 34.5 Å². The Balaban J connectivity index is 1.39. The average Bonchev–Trinajstić information content (AvgIpc) is 3.30. The highest BCUT2D eigenvalue weighted by Crippen LogP contribution is 2.67. The molecular weight excluding hydrogens is 364 g/mol. The Morgan fingerprint density at radius 2 is 1.97 bits per heavy atom. The Labute approximate surface area is 175 Å². The summed E-state index contributed by atoms with van der Waals surface area (Å²) in [4.78, 5) is 18.5. The summed E-state index contributed by atoms with van der Waals surface area (Å²) in [5, 5.41) is 19.8. The fourth-order valence-corrected chi connectivity index (χ4v) is 8.22. The maximum Gasteiger partial charge on any atom is 0.141 e. The Kier molecular flexibility index (Phi) is 4.67. The SMILES string of the molecule is C[C@@H]1C[C@@]2(O)C/C(=N\O[C@@H]3CCNC3)CC[C@]2(C)[C@H]2CC[C@]3(C)C(=O)CC[C@H]3[C@H]12. The highest BCUT2D eigenvalue weighted by Gasteiger charge is 2.66. The molecule has 0 aromatic carbocycles. The zero-order chi connectivity index (χ0) is 20.4. The number of aliphatic hydroxyl groups is 1. The van der Waals surface area contributed by atoms with Crippen LogP contribution in [0.4, 0.5) is 0 Å². The number of nitrogens with zero attached hydrogens (tertiary/aromatic N) is 1. The van der Waals surface area contributed by atoms with Crippen molar-refractivity contribution in [1.29, 1.82) is 0 Å². The summed E-state index contributed by atoms with van der Waals surface area (Å²) in [7, 11) is 0. The van der Waals surface area contributed by atoms with E-state index in [4.69, 9.17) is 4.84 Å². The van der Waals surface area contributed by atoms with E-state index in [1.165, 1.54) is 0 Å². The monoisotopic (exact) mass is 402 g/mol. The molecule has 0 radical (unpaired) electrons. The zero-order valence-electron chi connectivity index (χ0n) is 18.4. The second kappa shape index (κ2) is 6.78. The van der Waals surface area contributed by atoms with E-state index in [0.29, 0.717) is 35.9 Å². The van der Waals surface area contributed by atoms with Crippen LogP contribution in [0.25, 0.3) is 0 Å². The molecule has 5 aliphatic rings. The van der Waals surface area contributed by atoms with Gasteiger partial charge in [-0.15, -0.1) is 0 Å². The molecule has 0 spiro atoms. The third kappa shape index (κ3) is 2.86. The van der Waals surface area contributed by atoms with E-state index in [1.807, 2.05) is 0 Å². The van der Waals surface area contributed by atoms with Crippen molar-refractivity contribution in [2.45, 2.75) is 90.3 Å². The fourth-order valence-electron chi connectivity index (χ4n) is 8.22. The maximum atomic E-state index is 12.7. The molecule has 0 amide bonds. The number of hydrogen-bond donors (Lipinski definition) is 2. The largest absolute Gasteiger partial charge is 0.391 e. The van der Waals surface area contributed by atoms with E-state index >= 15 is 0 Å². The van der Waals surface area contributed by atoms with Crippen molar-refractivity contribution in [1.82, 2.24) is 5.32 Å². The van der Waals surface area contributed by atoms with Gasteiger partial charge in [0.15, 0.2) is 0 Å². The van der Waals surface area contributed by atoms with Crippen LogP contribution >= 0.6 is 0 Å². The van der Waals surface area contributed by atoms with Crippen LogP contribution in [0.3, 0.4) is 0 Å². The van der Waals surface area contributed by atoms with E-state index in [9.17, 15) is 9.90 Å². The first-order chi connectivity index (χ1) is 13.8. The second-order valence-electron chi connectivity index (χ2n) is 11.4. The number of ketones is 1. The number of hydrogen-bond acceptors (Lipinski definition) is 5. The maximum absolute atomic E-state index is 12.7. The molecule has 2 N–H and O–H groups in total. The molecule has 4 saturated carbocycles. The van der Waals surface area contributed by atoms with E-state index in [-0.39, 0.29) is 16.9 Å². The van der Waals surface area contributed by atoms with Crippen molar-refractivity contribution < 1.29 is 14.7 Å². The highest BCUT2D eigenvalue weighted by molar-refractivity contribution is 5.87. The van der Waals surface area contributed by atoms with Crippen molar-refractivity contribution in [2.24, 2.45) is 39.7 Å². The summed E-state index contributed by atoms with van der Waals surface area (Å²) in [6.07, 6.45) is 8.51. The fraction of sp³-hybridized carbons (Fsp3) is 0.917. The number of carbonyl (C=O) groups is 1. The zero-order valence-corrected chi connectivity index (χ0v) is 18.4. The number of rotatable bonds is 2. The van der Waals surface area contributed by atoms with Gasteiger partial charge >= 0.3 is 0 Å².